The van der Waals surface area contributed by atoms with Crippen molar-refractivity contribution in [3.63, 3.8) is 0 Å². The van der Waals surface area contributed by atoms with Crippen molar-refractivity contribution in [1.82, 2.24) is 20.4 Å². The van der Waals surface area contributed by atoms with Gasteiger partial charge in [-0.2, -0.15) is 0 Å². The molecule has 2 N–H and O–H groups in total. The largest absolute Gasteiger partial charge is 0.489 e. The fourth-order valence-electron chi connectivity index (χ4n) is 10.9. The smallest absolute Gasteiger partial charge is 0.229 e. The molecular formula is C52H68N4O3. The molecule has 0 bridgehead atoms. The number of piperazine rings is 2. The van der Waals surface area contributed by atoms with E-state index >= 15 is 0 Å². The topological polar surface area (TPSA) is 73.9 Å². The van der Waals surface area contributed by atoms with E-state index in [0.717, 1.165) is 50.3 Å². The molecule has 4 fully saturated rings. The van der Waals surface area contributed by atoms with E-state index < -0.39 is 10.8 Å². The molecule has 4 aliphatic heterocycles. The van der Waals surface area contributed by atoms with E-state index in [4.69, 9.17) is 4.74 Å². The van der Waals surface area contributed by atoms with E-state index in [9.17, 15) is 9.59 Å². The maximum Gasteiger partial charge on any atom is 0.229 e. The fraction of sp³-hybridized carbons (Fsp3) is 0.462. The van der Waals surface area contributed by atoms with Crippen LogP contribution in [0, 0.1) is 37.0 Å². The SMILES string of the molecule is C=CCC1(CC=C)CC2C(c3ccc(OCc4ccccc4)cc3C)NCCN2C1=O.C=CCC1(CC=C)CC2N(CCNC2(c2cc(C)ccc2C)C(C)(C)C)C1=O. The van der Waals surface area contributed by atoms with Crippen LogP contribution in [0.5, 0.6) is 5.75 Å². The van der Waals surface area contributed by atoms with Crippen molar-refractivity contribution >= 4 is 11.8 Å². The number of hydrogen-bond donors (Lipinski definition) is 2. The standard InChI is InChI=1S/C27H32N2O2.C25H36N2O/c1-4-13-27(14-5-2)18-24-25(28-15-16-29(24)26(27)30)23-12-11-22(17-20(23)3)31-19-21-9-7-6-8-10-21;1-8-12-24(13-9-2)17-21-25(23(5,6)7,26-14-15-27(21)22(24)28)20-16-18(3)10-11-19(20)4/h4-12,17,24-25,28H,1-2,13-16,18-19H2,3H3;8-11,16,21,26H,1-2,12-15,17H2,3-7H3. The summed E-state index contributed by atoms with van der Waals surface area (Å²) >= 11 is 0. The first-order chi connectivity index (χ1) is 28.2. The maximum atomic E-state index is 13.6. The van der Waals surface area contributed by atoms with Crippen molar-refractivity contribution in [3.8, 4) is 5.75 Å². The molecule has 0 spiro atoms. The van der Waals surface area contributed by atoms with Crippen LogP contribution in [0.25, 0.3) is 0 Å². The van der Waals surface area contributed by atoms with Crippen LogP contribution in [0.1, 0.15) is 98.7 Å². The Hall–Kier alpha value is -4.72. The fourth-order valence-corrected chi connectivity index (χ4v) is 10.9. The molecule has 7 rings (SSSR count). The zero-order valence-electron chi connectivity index (χ0n) is 36.6. The molecule has 0 aliphatic carbocycles. The van der Waals surface area contributed by atoms with Gasteiger partial charge in [-0.05, 0) is 105 Å². The van der Waals surface area contributed by atoms with Gasteiger partial charge in [-0.15, -0.1) is 26.3 Å². The molecule has 314 valence electrons. The molecule has 0 radical (unpaired) electrons. The molecule has 4 saturated heterocycles. The lowest BCUT2D eigenvalue weighted by Gasteiger charge is -2.56. The first-order valence-electron chi connectivity index (χ1n) is 21.6. The molecule has 0 aromatic heterocycles. The van der Waals surface area contributed by atoms with Crippen molar-refractivity contribution < 1.29 is 14.3 Å². The van der Waals surface area contributed by atoms with E-state index in [1.807, 2.05) is 48.6 Å². The summed E-state index contributed by atoms with van der Waals surface area (Å²) in [5.74, 6) is 1.40. The van der Waals surface area contributed by atoms with E-state index in [1.165, 1.54) is 27.8 Å². The summed E-state index contributed by atoms with van der Waals surface area (Å²) in [7, 11) is 0. The number of amides is 2. The van der Waals surface area contributed by atoms with Crippen molar-refractivity contribution in [2.75, 3.05) is 26.2 Å². The van der Waals surface area contributed by atoms with Crippen LogP contribution in [0.15, 0.2) is 117 Å². The highest BCUT2D eigenvalue weighted by Gasteiger charge is 2.62. The Morgan fingerprint density at radius 2 is 1.36 bits per heavy atom. The predicted octanol–water partition coefficient (Wildman–Crippen LogP) is 9.85. The van der Waals surface area contributed by atoms with E-state index in [0.29, 0.717) is 32.3 Å². The van der Waals surface area contributed by atoms with Gasteiger partial charge in [0.15, 0.2) is 0 Å². The molecule has 4 unspecified atom stereocenters. The zero-order valence-corrected chi connectivity index (χ0v) is 36.6. The molecule has 4 aliphatic rings. The van der Waals surface area contributed by atoms with Gasteiger partial charge < -0.3 is 25.2 Å². The summed E-state index contributed by atoms with van der Waals surface area (Å²) in [5.41, 5.74) is 6.29. The number of allylic oxidation sites excluding steroid dienone is 4. The summed E-state index contributed by atoms with van der Waals surface area (Å²) in [6.45, 7) is 32.8. The van der Waals surface area contributed by atoms with Gasteiger partial charge in [-0.25, -0.2) is 0 Å². The average molecular weight is 797 g/mol. The highest BCUT2D eigenvalue weighted by atomic mass is 16.5. The minimum atomic E-state index is -0.408. The Morgan fingerprint density at radius 3 is 1.97 bits per heavy atom. The number of ether oxygens (including phenoxy) is 1. The number of carbonyl (C=O) groups is 2. The molecule has 59 heavy (non-hydrogen) atoms. The van der Waals surface area contributed by atoms with Crippen LogP contribution in [0.4, 0.5) is 0 Å². The number of hydrogen-bond acceptors (Lipinski definition) is 5. The molecular weight excluding hydrogens is 729 g/mol. The molecule has 3 aromatic carbocycles. The van der Waals surface area contributed by atoms with Crippen molar-refractivity contribution in [2.45, 2.75) is 110 Å². The van der Waals surface area contributed by atoms with Gasteiger partial charge in [0.1, 0.15) is 12.4 Å². The number of benzene rings is 3. The molecule has 7 heteroatoms. The van der Waals surface area contributed by atoms with Crippen LogP contribution >= 0.6 is 0 Å². The highest BCUT2D eigenvalue weighted by molar-refractivity contribution is 5.87. The Morgan fingerprint density at radius 1 is 0.746 bits per heavy atom. The van der Waals surface area contributed by atoms with Crippen molar-refractivity contribution in [2.24, 2.45) is 16.2 Å². The second-order valence-electron chi connectivity index (χ2n) is 18.5. The molecule has 0 saturated carbocycles. The van der Waals surface area contributed by atoms with E-state index in [1.54, 1.807) is 0 Å². The van der Waals surface area contributed by atoms with Gasteiger partial charge >= 0.3 is 0 Å². The first-order valence-corrected chi connectivity index (χ1v) is 21.6. The van der Waals surface area contributed by atoms with Crippen LogP contribution in [-0.4, -0.2) is 59.9 Å². The average Bonchev–Trinajstić information content (AvgIpc) is 3.65. The van der Waals surface area contributed by atoms with Gasteiger partial charge in [-0.1, -0.05) is 105 Å². The molecule has 3 aromatic rings. The Kier molecular flexibility index (Phi) is 13.3. The molecule has 7 nitrogen and oxygen atoms in total. The minimum Gasteiger partial charge on any atom is -0.489 e. The van der Waals surface area contributed by atoms with E-state index in [2.05, 4.69) is 131 Å². The van der Waals surface area contributed by atoms with Crippen LogP contribution in [0.2, 0.25) is 0 Å². The van der Waals surface area contributed by atoms with E-state index in [-0.39, 0.29) is 40.9 Å². The lowest BCUT2D eigenvalue weighted by Crippen LogP contribution is -2.68. The molecule has 4 heterocycles. The van der Waals surface area contributed by atoms with Crippen molar-refractivity contribution in [1.29, 1.82) is 0 Å². The Balaban J connectivity index is 0.000000199. The summed E-state index contributed by atoms with van der Waals surface area (Å²) in [6, 6.07) is 23.6. The quantitative estimate of drug-likeness (QED) is 0.169. The number of nitrogens with one attached hydrogen (secondary N) is 2. The van der Waals surface area contributed by atoms with Gasteiger partial charge in [-0.3, -0.25) is 9.59 Å². The Labute approximate surface area is 354 Å². The minimum absolute atomic E-state index is 0.0619. The predicted molar refractivity (Wildman–Crippen MR) is 242 cm³/mol. The van der Waals surface area contributed by atoms with Crippen LogP contribution < -0.4 is 15.4 Å². The second kappa shape index (κ2) is 17.9. The third kappa shape index (κ3) is 8.25. The monoisotopic (exact) mass is 797 g/mol. The number of rotatable bonds is 13. The lowest BCUT2D eigenvalue weighted by atomic mass is 9.61. The number of nitrogens with zero attached hydrogens (tertiary/aromatic N) is 2. The van der Waals surface area contributed by atoms with Crippen molar-refractivity contribution in [3.05, 3.63) is 151 Å². The number of aryl methyl sites for hydroxylation is 3. The van der Waals surface area contributed by atoms with Gasteiger partial charge in [0.05, 0.1) is 34.5 Å². The summed E-state index contributed by atoms with van der Waals surface area (Å²) in [4.78, 5) is 31.3. The zero-order chi connectivity index (χ0) is 42.6. The number of carbonyl (C=O) groups excluding carboxylic acids is 2. The maximum absolute atomic E-state index is 13.6. The normalized spacial score (nSPS) is 24.3. The van der Waals surface area contributed by atoms with Gasteiger partial charge in [0.25, 0.3) is 0 Å². The summed E-state index contributed by atoms with van der Waals surface area (Å²) in [5, 5.41) is 7.61. The van der Waals surface area contributed by atoms with Gasteiger partial charge in [0, 0.05) is 26.2 Å². The highest BCUT2D eigenvalue weighted by Crippen LogP contribution is 2.55. The van der Waals surface area contributed by atoms with Gasteiger partial charge in [0.2, 0.25) is 11.8 Å². The Bertz CT molecular complexity index is 2010. The second-order valence-corrected chi connectivity index (χ2v) is 18.5. The third-order valence-corrected chi connectivity index (χ3v) is 13.7. The molecule has 4 atom stereocenters. The summed E-state index contributed by atoms with van der Waals surface area (Å²) in [6.07, 6.45) is 12.0. The third-order valence-electron chi connectivity index (χ3n) is 13.7. The van der Waals surface area contributed by atoms with Crippen LogP contribution in [-0.2, 0) is 21.7 Å². The lowest BCUT2D eigenvalue weighted by molar-refractivity contribution is -0.139. The number of fused-ring (bicyclic) bond motifs is 2. The summed E-state index contributed by atoms with van der Waals surface area (Å²) < 4.78 is 6.01. The molecule has 2 amide bonds. The first kappa shape index (κ1) is 43.8. The van der Waals surface area contributed by atoms with Crippen LogP contribution in [0.3, 0.4) is 0 Å².